The van der Waals surface area contributed by atoms with Crippen molar-refractivity contribution in [2.45, 2.75) is 70.0 Å². The highest BCUT2D eigenvalue weighted by Crippen LogP contribution is 2.66. The predicted molar refractivity (Wildman–Crippen MR) is 147 cm³/mol. The summed E-state index contributed by atoms with van der Waals surface area (Å²) in [6.07, 6.45) is 11.8. The molecular formula is C31H39N3O3. The molecule has 196 valence electrons. The van der Waals surface area contributed by atoms with Gasteiger partial charge in [0.25, 0.3) is 5.56 Å². The second kappa shape index (κ2) is 9.54. The molecule has 37 heavy (non-hydrogen) atoms. The van der Waals surface area contributed by atoms with Gasteiger partial charge in [-0.15, -0.1) is 0 Å². The van der Waals surface area contributed by atoms with E-state index in [0.29, 0.717) is 30.6 Å². The molecule has 0 amide bonds. The predicted octanol–water partition coefficient (Wildman–Crippen LogP) is 4.69. The van der Waals surface area contributed by atoms with E-state index in [-0.39, 0.29) is 23.0 Å². The Labute approximate surface area is 219 Å². The molecule has 6 nitrogen and oxygen atoms in total. The molecule has 0 aliphatic heterocycles. The van der Waals surface area contributed by atoms with Crippen molar-refractivity contribution in [3.63, 3.8) is 0 Å². The summed E-state index contributed by atoms with van der Waals surface area (Å²) >= 11 is 0. The first-order chi connectivity index (χ1) is 17.7. The number of aromatic nitrogens is 1. The van der Waals surface area contributed by atoms with Gasteiger partial charge in [-0.1, -0.05) is 30.7 Å². The molecule has 2 saturated carbocycles. The summed E-state index contributed by atoms with van der Waals surface area (Å²) in [5, 5.41) is 37.5. The van der Waals surface area contributed by atoms with Crippen molar-refractivity contribution in [2.24, 2.45) is 22.7 Å². The van der Waals surface area contributed by atoms with Crippen molar-refractivity contribution in [2.75, 3.05) is 14.1 Å². The molecule has 1 aromatic carbocycles. The van der Waals surface area contributed by atoms with Crippen LogP contribution in [0.15, 0.2) is 53.0 Å². The molecule has 0 bridgehead atoms. The van der Waals surface area contributed by atoms with Crippen LogP contribution in [0, 0.1) is 34.0 Å². The fourth-order valence-electron chi connectivity index (χ4n) is 7.86. The van der Waals surface area contributed by atoms with Gasteiger partial charge >= 0.3 is 0 Å². The maximum absolute atomic E-state index is 12.4. The van der Waals surface area contributed by atoms with Gasteiger partial charge in [0.1, 0.15) is 5.41 Å². The van der Waals surface area contributed by atoms with E-state index in [0.717, 1.165) is 43.1 Å². The van der Waals surface area contributed by atoms with Crippen molar-refractivity contribution < 1.29 is 10.2 Å². The number of benzene rings is 1. The number of nitrogens with one attached hydrogen (secondary N) is 2. The van der Waals surface area contributed by atoms with Crippen molar-refractivity contribution in [1.82, 2.24) is 10.3 Å². The lowest BCUT2D eigenvalue weighted by atomic mass is 9.49. The van der Waals surface area contributed by atoms with Gasteiger partial charge in [-0.2, -0.15) is 5.26 Å². The summed E-state index contributed by atoms with van der Waals surface area (Å²) in [6.45, 7) is 2.26. The number of nitrogens with zero attached hydrogens (tertiary/aromatic N) is 1. The fraction of sp³-hybridized carbons (Fsp3) is 0.548. The second-order valence-electron chi connectivity index (χ2n) is 11.8. The molecule has 1 aromatic heterocycles. The summed E-state index contributed by atoms with van der Waals surface area (Å²) < 4.78 is 0. The molecular weight excluding hydrogens is 462 g/mol. The van der Waals surface area contributed by atoms with Crippen LogP contribution >= 0.6 is 0 Å². The molecule has 2 fully saturated rings. The normalized spacial score (nSPS) is 36.5. The molecule has 6 heteroatoms. The summed E-state index contributed by atoms with van der Waals surface area (Å²) in [5.74, 6) is 0.321. The number of nitriles is 1. The van der Waals surface area contributed by atoms with Crippen LogP contribution in [0.1, 0.15) is 63.9 Å². The molecule has 5 unspecified atom stereocenters. The number of hydrogen-bond acceptors (Lipinski definition) is 5. The first-order valence-corrected chi connectivity index (χ1v) is 13.7. The van der Waals surface area contributed by atoms with Crippen LogP contribution in [-0.4, -0.2) is 41.0 Å². The molecule has 4 aliphatic carbocycles. The summed E-state index contributed by atoms with van der Waals surface area (Å²) in [7, 11) is 3.75. The summed E-state index contributed by atoms with van der Waals surface area (Å²) in [4.78, 5) is 14.9. The highest BCUT2D eigenvalue weighted by molar-refractivity contribution is 5.87. The zero-order chi connectivity index (χ0) is 26.4. The van der Waals surface area contributed by atoms with Crippen LogP contribution in [0.25, 0.3) is 16.3 Å². The number of pyridine rings is 1. The average Bonchev–Trinajstić information content (AvgIpc) is 3.18. The zero-order valence-corrected chi connectivity index (χ0v) is 22.2. The number of hydrogen-bond donors (Lipinski definition) is 4. The third-order valence-corrected chi connectivity index (χ3v) is 9.76. The molecule has 2 aromatic rings. The van der Waals surface area contributed by atoms with Gasteiger partial charge in [0.15, 0.2) is 0 Å². The van der Waals surface area contributed by atoms with Crippen LogP contribution in [0.4, 0.5) is 0 Å². The number of H-pyrrole nitrogens is 1. The minimum absolute atomic E-state index is 0.0415. The Balaban J connectivity index is 0.000000892. The zero-order valence-electron chi connectivity index (χ0n) is 22.2. The van der Waals surface area contributed by atoms with Crippen molar-refractivity contribution in [3.05, 3.63) is 64.1 Å². The Hall–Kier alpha value is -2.72. The largest absolute Gasteiger partial charge is 0.393 e. The van der Waals surface area contributed by atoms with Crippen LogP contribution in [0.5, 0.6) is 0 Å². The average molecular weight is 502 g/mol. The van der Waals surface area contributed by atoms with Gasteiger partial charge in [-0.3, -0.25) is 4.79 Å². The third kappa shape index (κ3) is 4.00. The lowest BCUT2D eigenvalue weighted by molar-refractivity contribution is -0.143. The Kier molecular flexibility index (Phi) is 6.68. The molecule has 0 saturated heterocycles. The molecule has 4 N–H and O–H groups in total. The Bertz CT molecular complexity index is 1350. The first-order valence-electron chi connectivity index (χ1n) is 13.7. The number of aliphatic hydroxyl groups is 2. The molecule has 4 aliphatic rings. The van der Waals surface area contributed by atoms with Crippen molar-refractivity contribution >= 4 is 16.3 Å². The highest BCUT2D eigenvalue weighted by Gasteiger charge is 2.65. The van der Waals surface area contributed by atoms with E-state index in [1.54, 1.807) is 6.20 Å². The number of aromatic amines is 1. The van der Waals surface area contributed by atoms with Crippen LogP contribution in [0.3, 0.4) is 0 Å². The van der Waals surface area contributed by atoms with Crippen LogP contribution < -0.4 is 10.9 Å². The molecule has 1 heterocycles. The maximum Gasteiger partial charge on any atom is 0.255 e. The Morgan fingerprint density at radius 3 is 2.68 bits per heavy atom. The van der Waals surface area contributed by atoms with Gasteiger partial charge in [-0.25, -0.2) is 0 Å². The number of fused-ring (bicyclic) bond motifs is 5. The van der Waals surface area contributed by atoms with E-state index in [2.05, 4.69) is 41.5 Å². The van der Waals surface area contributed by atoms with Gasteiger partial charge < -0.3 is 20.5 Å². The van der Waals surface area contributed by atoms with Crippen LogP contribution in [0.2, 0.25) is 0 Å². The minimum Gasteiger partial charge on any atom is -0.393 e. The SMILES string of the molecule is CC12CCC3(C#N)C=C4CC(O)CCC4CC[C@]3(O)C1CC=C2c1ccc2c(=O)[nH]ccc2c1.CNC. The molecule has 6 rings (SSSR count). The van der Waals surface area contributed by atoms with Gasteiger partial charge in [-0.05, 0) is 112 Å². The van der Waals surface area contributed by atoms with E-state index in [1.165, 1.54) is 11.1 Å². The highest BCUT2D eigenvalue weighted by atomic mass is 16.3. The first kappa shape index (κ1) is 25.9. The second-order valence-corrected chi connectivity index (χ2v) is 11.8. The number of allylic oxidation sites excluding steroid dienone is 2. The van der Waals surface area contributed by atoms with E-state index in [1.807, 2.05) is 32.3 Å². The topological polar surface area (TPSA) is 109 Å². The lowest BCUT2D eigenvalue weighted by Crippen LogP contribution is -2.59. The van der Waals surface area contributed by atoms with Crippen molar-refractivity contribution in [3.8, 4) is 6.07 Å². The van der Waals surface area contributed by atoms with Gasteiger partial charge in [0.2, 0.25) is 0 Å². The fourth-order valence-corrected chi connectivity index (χ4v) is 7.86. The Morgan fingerprint density at radius 1 is 1.14 bits per heavy atom. The van der Waals surface area contributed by atoms with E-state index in [9.17, 15) is 20.3 Å². The van der Waals surface area contributed by atoms with Crippen LogP contribution in [-0.2, 0) is 0 Å². The van der Waals surface area contributed by atoms with E-state index >= 15 is 0 Å². The molecule has 6 atom stereocenters. The minimum atomic E-state index is -1.10. The standard InChI is InChI=1S/C29H32N2O3.C2H7N/c1-27-11-12-28(17-30)16-21-15-22(32)4-2-18(21)8-10-29(28,34)25(27)7-6-24(27)20-3-5-23-19(14-20)9-13-31-26(23)33;1-3-2/h3,5-6,9,13-14,16,18,22,25,32,34H,2,4,7-8,10-12,15H2,1H3,(H,31,33);3H,1-2H3/t18?,22?,25?,27?,28?,29-;/m0./s1. The Morgan fingerprint density at radius 2 is 1.92 bits per heavy atom. The monoisotopic (exact) mass is 501 g/mol. The molecule has 0 spiro atoms. The van der Waals surface area contributed by atoms with Gasteiger partial charge in [0, 0.05) is 17.5 Å². The van der Waals surface area contributed by atoms with E-state index < -0.39 is 11.0 Å². The summed E-state index contributed by atoms with van der Waals surface area (Å²) in [6, 6.07) is 10.5. The molecule has 0 radical (unpaired) electrons. The maximum atomic E-state index is 12.4. The van der Waals surface area contributed by atoms with Crippen molar-refractivity contribution in [1.29, 1.82) is 5.26 Å². The third-order valence-electron chi connectivity index (χ3n) is 9.76. The smallest absolute Gasteiger partial charge is 0.255 e. The number of aliphatic hydroxyl groups excluding tert-OH is 1. The lowest BCUT2D eigenvalue weighted by Gasteiger charge is -2.56. The quantitative estimate of drug-likeness (QED) is 0.424. The van der Waals surface area contributed by atoms with Gasteiger partial charge in [0.05, 0.1) is 17.8 Å². The van der Waals surface area contributed by atoms with E-state index in [4.69, 9.17) is 0 Å². The summed E-state index contributed by atoms with van der Waals surface area (Å²) in [5.41, 5.74) is 1.18. The number of rotatable bonds is 1.